The molecule has 11 heteroatoms. The van der Waals surface area contributed by atoms with Crippen molar-refractivity contribution in [2.45, 2.75) is 43.5 Å². The predicted octanol–water partition coefficient (Wildman–Crippen LogP) is 2.44. The van der Waals surface area contributed by atoms with Gasteiger partial charge in [0.2, 0.25) is 12.2 Å². The highest BCUT2D eigenvalue weighted by Gasteiger charge is 2.48. The first kappa shape index (κ1) is 26.7. The Morgan fingerprint density at radius 1 is 0.854 bits per heavy atom. The lowest BCUT2D eigenvalue weighted by Crippen LogP contribution is -2.61. The Bertz CT molecular complexity index is 1640. The van der Waals surface area contributed by atoms with Crippen LogP contribution in [0.1, 0.15) is 22.7 Å². The van der Waals surface area contributed by atoms with Crippen LogP contribution >= 0.6 is 0 Å². The summed E-state index contributed by atoms with van der Waals surface area (Å²) in [6.45, 7) is 0. The van der Waals surface area contributed by atoms with Gasteiger partial charge in [-0.2, -0.15) is 0 Å². The molecule has 0 bridgehead atoms. The van der Waals surface area contributed by atoms with Crippen LogP contribution in [-0.2, 0) is 22.4 Å². The van der Waals surface area contributed by atoms with E-state index >= 15 is 0 Å². The van der Waals surface area contributed by atoms with Crippen LogP contribution < -0.4 is 4.74 Å². The number of ether oxygens (including phenoxy) is 2. The number of benzene rings is 2. The van der Waals surface area contributed by atoms with Crippen molar-refractivity contribution in [2.75, 3.05) is 0 Å². The number of furan rings is 1. The summed E-state index contributed by atoms with van der Waals surface area (Å²) in [6.07, 6.45) is -4.94. The van der Waals surface area contributed by atoms with Crippen molar-refractivity contribution in [3.63, 3.8) is 0 Å². The van der Waals surface area contributed by atoms with E-state index in [1.165, 1.54) is 6.26 Å². The maximum absolute atomic E-state index is 11.7. The number of carboxylic acid groups (broad SMARTS) is 1. The first-order chi connectivity index (χ1) is 19.9. The number of carbonyl (C=O) groups is 1. The molecule has 0 saturated carbocycles. The normalized spacial score (nSPS) is 22.6. The summed E-state index contributed by atoms with van der Waals surface area (Å²) in [5.41, 5.74) is 4.01. The van der Waals surface area contributed by atoms with Gasteiger partial charge >= 0.3 is 5.97 Å². The monoisotopic (exact) mass is 557 g/mol. The number of aromatic nitrogens is 3. The van der Waals surface area contributed by atoms with E-state index in [0.717, 1.165) is 11.1 Å². The van der Waals surface area contributed by atoms with E-state index in [1.807, 2.05) is 60.7 Å². The van der Waals surface area contributed by atoms with Gasteiger partial charge in [-0.3, -0.25) is 4.40 Å². The van der Waals surface area contributed by atoms with E-state index < -0.39 is 36.7 Å². The molecule has 0 aliphatic carbocycles. The number of hydrogen-bond acceptors (Lipinski definition) is 9. The second-order valence-electron chi connectivity index (χ2n) is 9.77. The largest absolute Gasteiger partial charge is 0.479 e. The molecule has 41 heavy (non-hydrogen) atoms. The summed E-state index contributed by atoms with van der Waals surface area (Å²) < 4.78 is 18.8. The third-order valence-corrected chi connectivity index (χ3v) is 6.95. The van der Waals surface area contributed by atoms with E-state index in [9.17, 15) is 25.2 Å². The molecule has 5 atom stereocenters. The molecule has 11 nitrogen and oxygen atoms in total. The maximum atomic E-state index is 11.7. The van der Waals surface area contributed by atoms with Crippen molar-refractivity contribution in [1.82, 2.24) is 14.4 Å². The Hall–Kier alpha value is -4.55. The smallest absolute Gasteiger partial charge is 0.335 e. The van der Waals surface area contributed by atoms with E-state index in [1.54, 1.807) is 22.7 Å². The first-order valence-electron chi connectivity index (χ1n) is 13.0. The van der Waals surface area contributed by atoms with Crippen molar-refractivity contribution in [2.24, 2.45) is 0 Å². The number of nitrogens with zero attached hydrogens (tertiary/aromatic N) is 3. The fourth-order valence-electron chi connectivity index (χ4n) is 4.87. The summed E-state index contributed by atoms with van der Waals surface area (Å²) in [7, 11) is 0. The molecule has 5 aromatic rings. The molecule has 0 spiro atoms. The van der Waals surface area contributed by atoms with E-state index in [-0.39, 0.29) is 12.3 Å². The van der Waals surface area contributed by atoms with Gasteiger partial charge in [0.25, 0.3) is 0 Å². The molecule has 1 fully saturated rings. The molecule has 1 saturated heterocycles. The van der Waals surface area contributed by atoms with Gasteiger partial charge < -0.3 is 34.3 Å². The zero-order valence-electron chi connectivity index (χ0n) is 21.6. The Labute approximate surface area is 233 Å². The molecule has 0 radical (unpaired) electrons. The van der Waals surface area contributed by atoms with Gasteiger partial charge in [0.05, 0.1) is 24.1 Å². The molecule has 6 rings (SSSR count). The molecule has 3 aromatic heterocycles. The van der Waals surface area contributed by atoms with Crippen molar-refractivity contribution in [1.29, 1.82) is 0 Å². The van der Waals surface area contributed by atoms with Gasteiger partial charge in [-0.15, -0.1) is 0 Å². The molecular formula is C30H27N3O8. The first-order valence-corrected chi connectivity index (χ1v) is 13.0. The summed E-state index contributed by atoms with van der Waals surface area (Å²) in [4.78, 5) is 21.5. The summed E-state index contributed by atoms with van der Waals surface area (Å²) >= 11 is 0. The minimum absolute atomic E-state index is 0.141. The number of fused-ring (bicyclic) bond motifs is 1. The molecule has 2 aromatic carbocycles. The fraction of sp³-hybridized carbons (Fsp3) is 0.233. The molecule has 4 N–H and O–H groups in total. The van der Waals surface area contributed by atoms with Crippen LogP contribution in [0.2, 0.25) is 0 Å². The van der Waals surface area contributed by atoms with Crippen LogP contribution in [-0.4, -0.2) is 71.5 Å². The van der Waals surface area contributed by atoms with E-state index in [2.05, 4.69) is 0 Å². The van der Waals surface area contributed by atoms with Crippen molar-refractivity contribution in [3.8, 4) is 17.1 Å². The third kappa shape index (κ3) is 5.31. The van der Waals surface area contributed by atoms with Gasteiger partial charge in [0, 0.05) is 18.2 Å². The molecule has 4 heterocycles. The van der Waals surface area contributed by atoms with Gasteiger partial charge in [0.15, 0.2) is 11.8 Å². The number of imidazole rings is 1. The third-order valence-electron chi connectivity index (χ3n) is 6.95. The van der Waals surface area contributed by atoms with Crippen molar-refractivity contribution < 1.29 is 39.1 Å². The molecule has 0 unspecified atom stereocenters. The molecule has 1 aliphatic heterocycles. The second kappa shape index (κ2) is 11.1. The number of rotatable bonds is 8. The predicted molar refractivity (Wildman–Crippen MR) is 144 cm³/mol. The summed E-state index contributed by atoms with van der Waals surface area (Å²) in [5.74, 6) is -0.781. The highest BCUT2D eigenvalue weighted by molar-refractivity contribution is 5.73. The Balaban J connectivity index is 1.51. The quantitative estimate of drug-likeness (QED) is 0.223. The number of hydrogen-bond donors (Lipinski definition) is 4. The number of aliphatic hydroxyl groups excluding tert-OH is 3. The van der Waals surface area contributed by atoms with Crippen LogP contribution in [0.3, 0.4) is 0 Å². The lowest BCUT2D eigenvalue weighted by molar-refractivity contribution is -0.272. The average molecular weight is 558 g/mol. The van der Waals surface area contributed by atoms with E-state index in [0.29, 0.717) is 34.9 Å². The summed E-state index contributed by atoms with van der Waals surface area (Å²) in [6, 6.07) is 22.9. The van der Waals surface area contributed by atoms with Crippen LogP contribution in [0.15, 0.2) is 89.7 Å². The molecule has 1 aliphatic rings. The Morgan fingerprint density at radius 2 is 1.59 bits per heavy atom. The number of carboxylic acids is 1. The number of aliphatic hydroxyl groups is 3. The zero-order chi connectivity index (χ0) is 28.5. The standard InChI is InChI=1S/C30H27N3O8/c34-23-24(35)26(29(37)38)40-30(25(23)36)41-28-21(15-19-12-7-13-39-19)32-27-20(14-17-8-3-1-4-9-17)31-22(16-33(27)28)18-10-5-2-6-11-18/h1-13,16,23-26,30,34-36H,14-15H2,(H,37,38)/t23-,24-,25+,26-,30-/m0/s1. The van der Waals surface area contributed by atoms with E-state index in [4.69, 9.17) is 23.9 Å². The second-order valence-corrected chi connectivity index (χ2v) is 9.77. The fourth-order valence-corrected chi connectivity index (χ4v) is 4.87. The van der Waals surface area contributed by atoms with Gasteiger partial charge in [0.1, 0.15) is 29.8 Å². The molecule has 0 amide bonds. The highest BCUT2D eigenvalue weighted by Crippen LogP contribution is 2.32. The zero-order valence-corrected chi connectivity index (χ0v) is 21.6. The Morgan fingerprint density at radius 3 is 2.27 bits per heavy atom. The Kier molecular flexibility index (Phi) is 7.25. The lowest BCUT2D eigenvalue weighted by Gasteiger charge is -2.38. The lowest BCUT2D eigenvalue weighted by atomic mass is 9.99. The SMILES string of the molecule is O=C(O)[C@H]1O[C@@H](Oc2c(Cc3ccco3)nc3c(Cc4ccccc4)nc(-c4ccccc4)cn23)[C@H](O)[C@@H](O)[C@@H]1O. The van der Waals surface area contributed by atoms with Crippen LogP contribution in [0.5, 0.6) is 5.88 Å². The van der Waals surface area contributed by atoms with Gasteiger partial charge in [-0.05, 0) is 17.7 Å². The van der Waals surface area contributed by atoms with Crippen LogP contribution in [0.25, 0.3) is 16.9 Å². The number of aliphatic carboxylic acids is 1. The highest BCUT2D eigenvalue weighted by atomic mass is 16.7. The molecule has 210 valence electrons. The topological polar surface area (TPSA) is 160 Å². The maximum Gasteiger partial charge on any atom is 0.335 e. The molecular weight excluding hydrogens is 530 g/mol. The van der Waals surface area contributed by atoms with Gasteiger partial charge in [-0.25, -0.2) is 14.8 Å². The minimum Gasteiger partial charge on any atom is -0.479 e. The summed E-state index contributed by atoms with van der Waals surface area (Å²) in [5, 5.41) is 40.7. The van der Waals surface area contributed by atoms with Gasteiger partial charge in [-0.1, -0.05) is 60.7 Å². The van der Waals surface area contributed by atoms with Crippen LogP contribution in [0, 0.1) is 0 Å². The van der Waals surface area contributed by atoms with Crippen LogP contribution in [0.4, 0.5) is 0 Å². The van der Waals surface area contributed by atoms with Crippen molar-refractivity contribution in [3.05, 3.63) is 108 Å². The van der Waals surface area contributed by atoms with Crippen molar-refractivity contribution >= 4 is 11.6 Å². The average Bonchev–Trinajstić information content (AvgIpc) is 3.62. The minimum atomic E-state index is -1.85.